The third-order valence-corrected chi connectivity index (χ3v) is 3.69. The van der Waals surface area contributed by atoms with Gasteiger partial charge in [0.15, 0.2) is 11.6 Å². The number of nitrogens with one attached hydrogen (secondary N) is 1. The Hall–Kier alpha value is -1.72. The molecule has 1 heterocycles. The van der Waals surface area contributed by atoms with Crippen molar-refractivity contribution in [2.45, 2.75) is 33.7 Å². The van der Waals surface area contributed by atoms with Crippen LogP contribution in [-0.4, -0.2) is 0 Å². The Morgan fingerprint density at radius 1 is 1.05 bits per heavy atom. The molecule has 5 heteroatoms. The molecule has 0 aliphatic rings. The molecule has 0 radical (unpaired) electrons. The number of benzene rings is 1. The van der Waals surface area contributed by atoms with Crippen LogP contribution in [0.1, 0.15) is 39.8 Å². The molecule has 2 rings (SSSR count). The minimum absolute atomic E-state index is 0.169. The van der Waals surface area contributed by atoms with E-state index in [9.17, 15) is 8.78 Å². The first-order valence-corrected chi connectivity index (χ1v) is 6.35. The average Bonchev–Trinajstić information content (AvgIpc) is 2.65. The second kappa shape index (κ2) is 5.34. The zero-order valence-corrected chi connectivity index (χ0v) is 12.0. The fourth-order valence-electron chi connectivity index (χ4n) is 2.45. The van der Waals surface area contributed by atoms with Gasteiger partial charge < -0.3 is 4.42 Å². The van der Waals surface area contributed by atoms with Crippen molar-refractivity contribution in [2.75, 3.05) is 0 Å². The summed E-state index contributed by atoms with van der Waals surface area (Å²) >= 11 is 0. The van der Waals surface area contributed by atoms with Gasteiger partial charge in [0.05, 0.1) is 6.04 Å². The van der Waals surface area contributed by atoms with E-state index in [-0.39, 0.29) is 11.1 Å². The van der Waals surface area contributed by atoms with Crippen molar-refractivity contribution in [3.63, 3.8) is 0 Å². The van der Waals surface area contributed by atoms with Gasteiger partial charge in [0.1, 0.15) is 11.5 Å². The third kappa shape index (κ3) is 2.23. The summed E-state index contributed by atoms with van der Waals surface area (Å²) in [6.45, 7) is 6.99. The summed E-state index contributed by atoms with van der Waals surface area (Å²) in [6.07, 6.45) is 0. The molecule has 3 nitrogen and oxygen atoms in total. The summed E-state index contributed by atoms with van der Waals surface area (Å²) in [5, 5.41) is 0. The summed E-state index contributed by atoms with van der Waals surface area (Å²) in [6, 6.07) is 2.43. The normalized spacial score (nSPS) is 12.8. The van der Waals surface area contributed by atoms with Crippen LogP contribution < -0.4 is 11.3 Å². The Labute approximate surface area is 116 Å². The molecular formula is C15H18F2N2O. The highest BCUT2D eigenvalue weighted by atomic mass is 19.2. The summed E-state index contributed by atoms with van der Waals surface area (Å²) in [5.41, 5.74) is 4.61. The lowest BCUT2D eigenvalue weighted by Gasteiger charge is -2.18. The van der Waals surface area contributed by atoms with Gasteiger partial charge in [-0.05, 0) is 38.8 Å². The molecule has 0 aliphatic carbocycles. The standard InChI is InChI=1S/C15H18F2N2O/c1-7-5-6-11(14(17)13(7)16)15(19-18)12-8(2)9(3)20-10(12)4/h5-6,15,19H,18H2,1-4H3. The van der Waals surface area contributed by atoms with Crippen LogP contribution in [-0.2, 0) is 0 Å². The van der Waals surface area contributed by atoms with Gasteiger partial charge in [-0.3, -0.25) is 5.84 Å². The van der Waals surface area contributed by atoms with Crippen LogP contribution in [0.4, 0.5) is 8.78 Å². The highest BCUT2D eigenvalue weighted by molar-refractivity contribution is 5.42. The minimum atomic E-state index is -0.884. The van der Waals surface area contributed by atoms with Gasteiger partial charge in [0.25, 0.3) is 0 Å². The van der Waals surface area contributed by atoms with Crippen LogP contribution in [0.5, 0.6) is 0 Å². The Kier molecular flexibility index (Phi) is 3.92. The maximum absolute atomic E-state index is 14.2. The first kappa shape index (κ1) is 14.7. The molecule has 108 valence electrons. The molecule has 3 N–H and O–H groups in total. The molecular weight excluding hydrogens is 262 g/mol. The molecule has 1 unspecified atom stereocenters. The molecule has 20 heavy (non-hydrogen) atoms. The largest absolute Gasteiger partial charge is 0.466 e. The zero-order chi connectivity index (χ0) is 15.0. The van der Waals surface area contributed by atoms with Gasteiger partial charge in [0.2, 0.25) is 0 Å². The Morgan fingerprint density at radius 3 is 2.20 bits per heavy atom. The summed E-state index contributed by atoms with van der Waals surface area (Å²) in [5.74, 6) is 5.21. The Bertz CT molecular complexity index is 650. The van der Waals surface area contributed by atoms with Crippen molar-refractivity contribution in [1.29, 1.82) is 0 Å². The predicted molar refractivity (Wildman–Crippen MR) is 73.2 cm³/mol. The van der Waals surface area contributed by atoms with Gasteiger partial charge >= 0.3 is 0 Å². The molecule has 1 atom stereocenters. The molecule has 0 amide bonds. The van der Waals surface area contributed by atoms with Crippen molar-refractivity contribution in [3.8, 4) is 0 Å². The number of hydrogen-bond donors (Lipinski definition) is 2. The van der Waals surface area contributed by atoms with E-state index >= 15 is 0 Å². The van der Waals surface area contributed by atoms with Crippen molar-refractivity contribution in [1.82, 2.24) is 5.43 Å². The smallest absolute Gasteiger partial charge is 0.164 e. The van der Waals surface area contributed by atoms with Crippen molar-refractivity contribution in [3.05, 3.63) is 57.5 Å². The maximum atomic E-state index is 14.2. The molecule has 0 saturated heterocycles. The highest BCUT2D eigenvalue weighted by Crippen LogP contribution is 2.33. The monoisotopic (exact) mass is 280 g/mol. The van der Waals surface area contributed by atoms with Crippen LogP contribution >= 0.6 is 0 Å². The van der Waals surface area contributed by atoms with Crippen molar-refractivity contribution in [2.24, 2.45) is 5.84 Å². The number of hydrazine groups is 1. The predicted octanol–water partition coefficient (Wildman–Crippen LogP) is 3.34. The van der Waals surface area contributed by atoms with Crippen molar-refractivity contribution < 1.29 is 13.2 Å². The van der Waals surface area contributed by atoms with Crippen LogP contribution in [0.2, 0.25) is 0 Å². The number of halogens is 2. The van der Waals surface area contributed by atoms with Gasteiger partial charge in [-0.15, -0.1) is 0 Å². The molecule has 1 aromatic heterocycles. The highest BCUT2D eigenvalue weighted by Gasteiger charge is 2.25. The van der Waals surface area contributed by atoms with Crippen LogP contribution in [0.3, 0.4) is 0 Å². The van der Waals surface area contributed by atoms with Gasteiger partial charge in [-0.1, -0.05) is 12.1 Å². The molecule has 0 bridgehead atoms. The molecule has 0 fully saturated rings. The molecule has 0 aliphatic heterocycles. The summed E-state index contributed by atoms with van der Waals surface area (Å²) in [7, 11) is 0. The fraction of sp³-hybridized carbons (Fsp3) is 0.333. The first-order chi connectivity index (χ1) is 9.38. The van der Waals surface area contributed by atoms with E-state index in [1.54, 1.807) is 13.0 Å². The van der Waals surface area contributed by atoms with Crippen LogP contribution in [0, 0.1) is 39.3 Å². The Morgan fingerprint density at radius 2 is 1.70 bits per heavy atom. The zero-order valence-electron chi connectivity index (χ0n) is 12.0. The summed E-state index contributed by atoms with van der Waals surface area (Å²) < 4.78 is 33.4. The second-order valence-electron chi connectivity index (χ2n) is 4.95. The quantitative estimate of drug-likeness (QED) is 0.669. The van der Waals surface area contributed by atoms with Gasteiger partial charge in [-0.2, -0.15) is 0 Å². The lowest BCUT2D eigenvalue weighted by atomic mass is 9.94. The lowest BCUT2D eigenvalue weighted by molar-refractivity contribution is 0.471. The molecule has 2 aromatic rings. The van der Waals surface area contributed by atoms with E-state index in [4.69, 9.17) is 10.3 Å². The number of hydrogen-bond acceptors (Lipinski definition) is 3. The van der Waals surface area contributed by atoms with E-state index < -0.39 is 17.7 Å². The number of rotatable bonds is 3. The van der Waals surface area contributed by atoms with Gasteiger partial charge in [0, 0.05) is 11.1 Å². The van der Waals surface area contributed by atoms with Crippen molar-refractivity contribution >= 4 is 0 Å². The van der Waals surface area contributed by atoms with Crippen LogP contribution in [0.25, 0.3) is 0 Å². The lowest BCUT2D eigenvalue weighted by Crippen LogP contribution is -2.30. The number of furan rings is 1. The van der Waals surface area contributed by atoms with E-state index in [1.807, 2.05) is 13.8 Å². The maximum Gasteiger partial charge on any atom is 0.164 e. The molecule has 0 spiro atoms. The van der Waals surface area contributed by atoms with Crippen LogP contribution in [0.15, 0.2) is 16.5 Å². The van der Waals surface area contributed by atoms with E-state index in [2.05, 4.69) is 5.43 Å². The van der Waals surface area contributed by atoms with E-state index in [0.717, 1.165) is 16.9 Å². The average molecular weight is 280 g/mol. The fourth-order valence-corrected chi connectivity index (χ4v) is 2.45. The third-order valence-electron chi connectivity index (χ3n) is 3.69. The first-order valence-electron chi connectivity index (χ1n) is 6.35. The molecule has 1 aromatic carbocycles. The SMILES string of the molecule is Cc1ccc(C(NN)c2c(C)oc(C)c2C)c(F)c1F. The Balaban J connectivity index is 2.62. The topological polar surface area (TPSA) is 51.2 Å². The van der Waals surface area contributed by atoms with Gasteiger partial charge in [-0.25, -0.2) is 14.2 Å². The van der Waals surface area contributed by atoms with E-state index in [0.29, 0.717) is 5.76 Å². The van der Waals surface area contributed by atoms with E-state index in [1.165, 1.54) is 13.0 Å². The second-order valence-corrected chi connectivity index (χ2v) is 4.95. The number of nitrogens with two attached hydrogens (primary N) is 1. The number of aryl methyl sites for hydroxylation is 3. The molecule has 0 saturated carbocycles. The summed E-state index contributed by atoms with van der Waals surface area (Å²) in [4.78, 5) is 0. The minimum Gasteiger partial charge on any atom is -0.466 e.